The van der Waals surface area contributed by atoms with Gasteiger partial charge in [0.15, 0.2) is 11.6 Å². The van der Waals surface area contributed by atoms with Crippen molar-refractivity contribution in [2.75, 3.05) is 7.11 Å². The summed E-state index contributed by atoms with van der Waals surface area (Å²) in [5.41, 5.74) is 0.596. The second kappa shape index (κ2) is 6.31. The summed E-state index contributed by atoms with van der Waals surface area (Å²) in [4.78, 5) is 25.1. The topological polar surface area (TPSA) is 61.2 Å². The van der Waals surface area contributed by atoms with E-state index in [4.69, 9.17) is 4.74 Å². The van der Waals surface area contributed by atoms with Gasteiger partial charge >= 0.3 is 0 Å². The Morgan fingerprint density at radius 3 is 2.33 bits per heavy atom. The van der Waals surface area contributed by atoms with Crippen LogP contribution in [0.5, 0.6) is 5.75 Å². The molecule has 1 heterocycles. The maximum Gasteiger partial charge on any atom is 0.199 e. The summed E-state index contributed by atoms with van der Waals surface area (Å²) in [7, 11) is 1.58. The van der Waals surface area contributed by atoms with E-state index in [1.165, 1.54) is 0 Å². The number of Topliss-reactive ketones (excluding diaryl/α,β-unsaturated/α-hetero) is 2. The molecule has 0 fully saturated rings. The van der Waals surface area contributed by atoms with Crippen LogP contribution in [0.15, 0.2) is 18.2 Å². The van der Waals surface area contributed by atoms with Crippen molar-refractivity contribution in [2.24, 2.45) is 5.41 Å². The van der Waals surface area contributed by atoms with Crippen molar-refractivity contribution in [3.63, 3.8) is 0 Å². The third-order valence-electron chi connectivity index (χ3n) is 3.84. The van der Waals surface area contributed by atoms with Crippen molar-refractivity contribution >= 4 is 38.4 Å². The van der Waals surface area contributed by atoms with Crippen LogP contribution in [0.3, 0.4) is 0 Å². The Bertz CT molecular complexity index is 795. The third-order valence-corrected chi connectivity index (χ3v) is 4.20. The number of hydrogen-bond acceptors (Lipinski definition) is 4. The van der Waals surface area contributed by atoms with Crippen molar-refractivity contribution in [1.29, 1.82) is 0 Å². The van der Waals surface area contributed by atoms with Gasteiger partial charge in [-0.05, 0) is 26.0 Å². The van der Waals surface area contributed by atoms with Crippen molar-refractivity contribution in [3.05, 3.63) is 23.9 Å². The molecule has 1 aromatic carbocycles. The molecule has 130 valence electrons. The summed E-state index contributed by atoms with van der Waals surface area (Å²) in [6.07, 6.45) is 0. The standard InChI is InChI=1S/C18H23BrN2O3/c1-17(2,3)14(22)10-21-13-9-11(24-6)7-8-12(13)15(20-21)16(23)18(4,5)19/h7-9H,10H2,1-6H3. The first-order valence-electron chi connectivity index (χ1n) is 7.76. The van der Waals surface area contributed by atoms with Crippen LogP contribution in [0.25, 0.3) is 10.9 Å². The molecule has 0 aliphatic rings. The minimum atomic E-state index is -0.729. The zero-order chi connectivity index (χ0) is 18.3. The van der Waals surface area contributed by atoms with E-state index in [0.717, 1.165) is 5.39 Å². The molecule has 0 aliphatic carbocycles. The van der Waals surface area contributed by atoms with Crippen LogP contribution in [0, 0.1) is 5.41 Å². The van der Waals surface area contributed by atoms with Crippen LogP contribution in [-0.4, -0.2) is 32.8 Å². The molecule has 2 aromatic rings. The summed E-state index contributed by atoms with van der Waals surface area (Å²) in [5, 5.41) is 5.16. The van der Waals surface area contributed by atoms with E-state index in [-0.39, 0.29) is 18.1 Å². The fraction of sp³-hybridized carbons (Fsp3) is 0.500. The molecule has 0 radical (unpaired) electrons. The van der Waals surface area contributed by atoms with Gasteiger partial charge in [0.05, 0.1) is 17.0 Å². The monoisotopic (exact) mass is 394 g/mol. The van der Waals surface area contributed by atoms with Crippen LogP contribution in [0.4, 0.5) is 0 Å². The molecule has 0 atom stereocenters. The molecule has 0 amide bonds. The van der Waals surface area contributed by atoms with E-state index in [1.807, 2.05) is 26.8 Å². The Morgan fingerprint density at radius 1 is 1.21 bits per heavy atom. The fourth-order valence-electron chi connectivity index (χ4n) is 2.22. The Morgan fingerprint density at radius 2 is 1.83 bits per heavy atom. The van der Waals surface area contributed by atoms with Gasteiger partial charge in [-0.2, -0.15) is 5.10 Å². The zero-order valence-corrected chi connectivity index (χ0v) is 16.5. The molecular weight excluding hydrogens is 372 g/mol. The number of carbonyl (C=O) groups is 2. The molecule has 0 aliphatic heterocycles. The Balaban J connectivity index is 2.62. The number of ketones is 2. The van der Waals surface area contributed by atoms with Gasteiger partial charge in [-0.3, -0.25) is 14.3 Å². The first-order chi connectivity index (χ1) is 10.9. The summed E-state index contributed by atoms with van der Waals surface area (Å²) in [5.74, 6) is 0.579. The van der Waals surface area contributed by atoms with Crippen molar-refractivity contribution < 1.29 is 14.3 Å². The van der Waals surface area contributed by atoms with E-state index in [9.17, 15) is 9.59 Å². The van der Waals surface area contributed by atoms with Crippen molar-refractivity contribution in [2.45, 2.75) is 45.5 Å². The van der Waals surface area contributed by atoms with Gasteiger partial charge in [0.25, 0.3) is 0 Å². The number of fused-ring (bicyclic) bond motifs is 1. The van der Waals surface area contributed by atoms with Gasteiger partial charge in [0.1, 0.15) is 18.0 Å². The zero-order valence-electron chi connectivity index (χ0n) is 14.9. The molecule has 0 bridgehead atoms. The lowest BCUT2D eigenvalue weighted by atomic mass is 9.91. The van der Waals surface area contributed by atoms with Crippen molar-refractivity contribution in [3.8, 4) is 5.75 Å². The molecule has 6 heteroatoms. The minimum Gasteiger partial charge on any atom is -0.497 e. The molecule has 24 heavy (non-hydrogen) atoms. The molecule has 0 spiro atoms. The SMILES string of the molecule is COc1ccc2c(C(=O)C(C)(C)Br)nn(CC(=O)C(C)(C)C)c2c1. The number of benzene rings is 1. The van der Waals surface area contributed by atoms with Crippen LogP contribution in [0.1, 0.15) is 45.1 Å². The predicted molar refractivity (Wildman–Crippen MR) is 98.1 cm³/mol. The summed E-state index contributed by atoms with van der Waals surface area (Å²) >= 11 is 3.40. The highest BCUT2D eigenvalue weighted by Gasteiger charge is 2.31. The second-order valence-electron chi connectivity index (χ2n) is 7.36. The van der Waals surface area contributed by atoms with Gasteiger partial charge in [-0.25, -0.2) is 0 Å². The second-order valence-corrected chi connectivity index (χ2v) is 9.35. The number of ether oxygens (including phenoxy) is 1. The highest BCUT2D eigenvalue weighted by atomic mass is 79.9. The quantitative estimate of drug-likeness (QED) is 0.567. The molecule has 1 aromatic heterocycles. The van der Waals surface area contributed by atoms with Crippen LogP contribution >= 0.6 is 15.9 Å². The molecule has 0 N–H and O–H groups in total. The van der Waals surface area contributed by atoms with Crippen LogP contribution < -0.4 is 4.74 Å². The molecule has 0 saturated carbocycles. The molecule has 2 rings (SSSR count). The fourth-order valence-corrected chi connectivity index (χ4v) is 2.41. The molecular formula is C18H23BrN2O3. The number of hydrogen-bond donors (Lipinski definition) is 0. The van der Waals surface area contributed by atoms with E-state index in [0.29, 0.717) is 17.0 Å². The van der Waals surface area contributed by atoms with E-state index in [2.05, 4.69) is 21.0 Å². The molecule has 0 unspecified atom stereocenters. The first-order valence-corrected chi connectivity index (χ1v) is 8.56. The Kier molecular flexibility index (Phi) is 4.91. The van der Waals surface area contributed by atoms with Gasteiger partial charge < -0.3 is 4.74 Å². The van der Waals surface area contributed by atoms with Gasteiger partial charge in [-0.15, -0.1) is 0 Å². The largest absolute Gasteiger partial charge is 0.497 e. The predicted octanol–water partition coefficient (Wildman–Crippen LogP) is 4.02. The number of methoxy groups -OCH3 is 1. The number of nitrogens with zero attached hydrogens (tertiary/aromatic N) is 2. The summed E-state index contributed by atoms with van der Waals surface area (Å²) in [6, 6.07) is 5.40. The Hall–Kier alpha value is -1.69. The third kappa shape index (κ3) is 3.69. The number of aromatic nitrogens is 2. The van der Waals surface area contributed by atoms with Gasteiger partial charge in [-0.1, -0.05) is 36.7 Å². The first kappa shape index (κ1) is 18.6. The van der Waals surface area contributed by atoms with Crippen LogP contribution in [0.2, 0.25) is 0 Å². The maximum atomic E-state index is 12.7. The number of rotatable bonds is 5. The number of carbonyl (C=O) groups excluding carboxylic acids is 2. The van der Waals surface area contributed by atoms with E-state index < -0.39 is 9.74 Å². The number of halogens is 1. The molecule has 5 nitrogen and oxygen atoms in total. The normalized spacial score (nSPS) is 12.5. The van der Waals surface area contributed by atoms with E-state index in [1.54, 1.807) is 37.8 Å². The average Bonchev–Trinajstić information content (AvgIpc) is 2.82. The van der Waals surface area contributed by atoms with E-state index >= 15 is 0 Å². The highest BCUT2D eigenvalue weighted by molar-refractivity contribution is 9.10. The smallest absolute Gasteiger partial charge is 0.199 e. The van der Waals surface area contributed by atoms with Gasteiger partial charge in [0.2, 0.25) is 0 Å². The van der Waals surface area contributed by atoms with Gasteiger partial charge in [0, 0.05) is 16.9 Å². The van der Waals surface area contributed by atoms with Crippen LogP contribution in [-0.2, 0) is 11.3 Å². The minimum absolute atomic E-state index is 0.0480. The average molecular weight is 395 g/mol. The lowest BCUT2D eigenvalue weighted by Crippen LogP contribution is -2.27. The highest BCUT2D eigenvalue weighted by Crippen LogP contribution is 2.29. The lowest BCUT2D eigenvalue weighted by molar-refractivity contribution is -0.127. The molecule has 0 saturated heterocycles. The Labute approximate surface area is 150 Å². The maximum absolute atomic E-state index is 12.7. The number of alkyl halides is 1. The van der Waals surface area contributed by atoms with Crippen molar-refractivity contribution in [1.82, 2.24) is 9.78 Å². The lowest BCUT2D eigenvalue weighted by Gasteiger charge is -2.16. The summed E-state index contributed by atoms with van der Waals surface area (Å²) < 4.78 is 6.13. The summed E-state index contributed by atoms with van der Waals surface area (Å²) in [6.45, 7) is 9.29.